The molecule has 310 valence electrons. The Labute approximate surface area is 349 Å². The number of aliphatic hydroxyl groups is 1. The highest BCUT2D eigenvalue weighted by Gasteiger charge is 2.34. The van der Waals surface area contributed by atoms with Gasteiger partial charge in [0, 0.05) is 57.0 Å². The van der Waals surface area contributed by atoms with Crippen molar-refractivity contribution < 1.29 is 24.2 Å². The second-order valence-corrected chi connectivity index (χ2v) is 15.8. The number of imidazole rings is 1. The number of hydrogen-bond acceptors (Lipinski definition) is 8. The summed E-state index contributed by atoms with van der Waals surface area (Å²) in [4.78, 5) is 43.4. The van der Waals surface area contributed by atoms with Crippen LogP contribution in [-0.2, 0) is 32.2 Å². The quantitative estimate of drug-likeness (QED) is 0.0712. The highest BCUT2D eigenvalue weighted by molar-refractivity contribution is 5.94. The standard InChI is InChI=1S/C48H52N6O6/c49-40-12-1-2-13-41(40)51-46(57)17-7-16-45(56)50-29-33-8-5-9-35(26-33)36-10-6-11-37(27-36)47-59-39(28-44(60-47)34-20-18-32(31-55)19-21-34)30-53-24-22-38(23-25-53)54-43-15-4-3-14-42(43)52-48(54)58/h1-6,8-15,18-21,26-27,38-39,44,47,55H,7,16-17,22-25,28-31,49H2,(H,50,56)(H,51,57)(H,52,58)/t39-,44+,47+/m1/s1. The van der Waals surface area contributed by atoms with Crippen molar-refractivity contribution in [3.8, 4) is 11.1 Å². The van der Waals surface area contributed by atoms with Crippen molar-refractivity contribution in [2.45, 2.75) is 76.2 Å². The van der Waals surface area contributed by atoms with Crippen LogP contribution < -0.4 is 22.1 Å². The predicted molar refractivity (Wildman–Crippen MR) is 233 cm³/mol. The van der Waals surface area contributed by atoms with E-state index in [9.17, 15) is 19.5 Å². The number of H-pyrrole nitrogens is 1. The minimum atomic E-state index is -0.608. The highest BCUT2D eigenvalue weighted by atomic mass is 16.7. The number of benzene rings is 5. The molecule has 0 unspecified atom stereocenters. The SMILES string of the molecule is Nc1ccccc1NC(=O)CCCC(=O)NCc1cccc(-c2cccc([C@H]3O[C@@H](CN4CCC(n5c(=O)[nH]c6ccccc65)CC4)C[C@@H](c4ccc(CO)cc4)O3)c2)c1. The normalized spacial score (nSPS) is 18.6. The number of nitrogens with two attached hydrogens (primary N) is 1. The number of carbonyl (C=O) groups is 2. The molecule has 12 nitrogen and oxygen atoms in total. The second kappa shape index (κ2) is 18.9. The van der Waals surface area contributed by atoms with E-state index in [1.807, 2.05) is 89.5 Å². The Kier molecular flexibility index (Phi) is 12.8. The first kappa shape index (κ1) is 40.7. The Morgan fingerprint density at radius 3 is 2.32 bits per heavy atom. The van der Waals surface area contributed by atoms with Gasteiger partial charge in [0.05, 0.1) is 41.2 Å². The molecule has 0 saturated carbocycles. The molecular weight excluding hydrogens is 757 g/mol. The number of piperidine rings is 1. The van der Waals surface area contributed by atoms with E-state index in [0.29, 0.717) is 30.8 Å². The number of aliphatic hydroxyl groups excluding tert-OH is 1. The average Bonchev–Trinajstić information content (AvgIpc) is 3.62. The lowest BCUT2D eigenvalue weighted by atomic mass is 9.97. The van der Waals surface area contributed by atoms with E-state index < -0.39 is 6.29 Å². The Hall–Kier alpha value is -6.05. The summed E-state index contributed by atoms with van der Waals surface area (Å²) in [6, 6.07) is 39.3. The number of amides is 2. The van der Waals surface area contributed by atoms with E-state index in [1.54, 1.807) is 18.2 Å². The lowest BCUT2D eigenvalue weighted by Gasteiger charge is -2.40. The summed E-state index contributed by atoms with van der Waals surface area (Å²) in [6.45, 7) is 2.79. The molecular formula is C48H52N6O6. The van der Waals surface area contributed by atoms with E-state index in [-0.39, 0.29) is 55.2 Å². The maximum Gasteiger partial charge on any atom is 0.326 e. The molecule has 2 aliphatic rings. The molecule has 0 bridgehead atoms. The lowest BCUT2D eigenvalue weighted by molar-refractivity contribution is -0.253. The third-order valence-electron chi connectivity index (χ3n) is 11.6. The van der Waals surface area contributed by atoms with Gasteiger partial charge in [0.2, 0.25) is 11.8 Å². The highest BCUT2D eigenvalue weighted by Crippen LogP contribution is 2.39. The number of hydrogen-bond donors (Lipinski definition) is 5. The van der Waals surface area contributed by atoms with E-state index in [2.05, 4.69) is 38.7 Å². The fourth-order valence-electron chi connectivity index (χ4n) is 8.37. The first-order chi connectivity index (χ1) is 29.3. The van der Waals surface area contributed by atoms with Gasteiger partial charge >= 0.3 is 5.69 Å². The zero-order valence-corrected chi connectivity index (χ0v) is 33.6. The zero-order valence-electron chi connectivity index (χ0n) is 33.6. The Morgan fingerprint density at radius 2 is 1.52 bits per heavy atom. The summed E-state index contributed by atoms with van der Waals surface area (Å²) < 4.78 is 15.4. The van der Waals surface area contributed by atoms with Crippen LogP contribution >= 0.6 is 0 Å². The monoisotopic (exact) mass is 808 g/mol. The zero-order chi connectivity index (χ0) is 41.4. The van der Waals surface area contributed by atoms with Gasteiger partial charge in [0.15, 0.2) is 6.29 Å². The van der Waals surface area contributed by atoms with Gasteiger partial charge in [-0.3, -0.25) is 14.2 Å². The molecule has 2 fully saturated rings. The Balaban J connectivity index is 0.900. The molecule has 6 N–H and O–H groups in total. The van der Waals surface area contributed by atoms with Crippen LogP contribution in [0.3, 0.4) is 0 Å². The van der Waals surface area contributed by atoms with E-state index >= 15 is 0 Å². The summed E-state index contributed by atoms with van der Waals surface area (Å²) >= 11 is 0. The molecule has 3 heterocycles. The predicted octanol–water partition coefficient (Wildman–Crippen LogP) is 7.38. The summed E-state index contributed by atoms with van der Waals surface area (Å²) in [5, 5.41) is 15.5. The van der Waals surface area contributed by atoms with Gasteiger partial charge in [-0.05, 0) is 83.5 Å². The van der Waals surface area contributed by atoms with Gasteiger partial charge in [-0.15, -0.1) is 0 Å². The van der Waals surface area contributed by atoms with Crippen LogP contribution in [0.4, 0.5) is 11.4 Å². The number of anilines is 2. The van der Waals surface area contributed by atoms with Crippen molar-refractivity contribution in [3.05, 3.63) is 154 Å². The number of ether oxygens (including phenoxy) is 2. The van der Waals surface area contributed by atoms with Crippen molar-refractivity contribution in [1.82, 2.24) is 19.8 Å². The van der Waals surface area contributed by atoms with Gasteiger partial charge in [-0.2, -0.15) is 0 Å². The fourth-order valence-corrected chi connectivity index (χ4v) is 8.37. The molecule has 2 aliphatic heterocycles. The summed E-state index contributed by atoms with van der Waals surface area (Å²) in [5.41, 5.74) is 14.5. The first-order valence-corrected chi connectivity index (χ1v) is 20.8. The third kappa shape index (κ3) is 9.86. The number of nitrogens with zero attached hydrogens (tertiary/aromatic N) is 2. The number of aromatic nitrogens is 2. The average molecular weight is 809 g/mol. The Morgan fingerprint density at radius 1 is 0.783 bits per heavy atom. The maximum absolute atomic E-state index is 12.9. The molecule has 0 spiro atoms. The number of nitrogen functional groups attached to an aromatic ring is 1. The smallest absolute Gasteiger partial charge is 0.326 e. The number of carbonyl (C=O) groups excluding carboxylic acids is 2. The molecule has 12 heteroatoms. The van der Waals surface area contributed by atoms with Crippen molar-refractivity contribution in [3.63, 3.8) is 0 Å². The van der Waals surface area contributed by atoms with Crippen LogP contribution in [0.1, 0.15) is 79.2 Å². The minimum Gasteiger partial charge on any atom is -0.397 e. The molecule has 6 aromatic rings. The molecule has 60 heavy (non-hydrogen) atoms. The van der Waals surface area contributed by atoms with Crippen LogP contribution in [-0.4, -0.2) is 57.1 Å². The van der Waals surface area contributed by atoms with Gasteiger partial charge in [0.1, 0.15) is 0 Å². The van der Waals surface area contributed by atoms with Crippen LogP contribution in [0.25, 0.3) is 22.2 Å². The van der Waals surface area contributed by atoms with Crippen LogP contribution in [0.5, 0.6) is 0 Å². The number of nitrogens with one attached hydrogen (secondary N) is 3. The molecule has 2 amide bonds. The summed E-state index contributed by atoms with van der Waals surface area (Å²) in [5.74, 6) is -0.300. The number of likely N-dealkylation sites (tertiary alicyclic amines) is 1. The number of aromatic amines is 1. The van der Waals surface area contributed by atoms with Gasteiger partial charge < -0.3 is 40.8 Å². The topological polar surface area (TPSA) is 164 Å². The maximum atomic E-state index is 12.9. The van der Waals surface area contributed by atoms with E-state index in [1.165, 1.54) is 0 Å². The van der Waals surface area contributed by atoms with E-state index in [4.69, 9.17) is 15.2 Å². The second-order valence-electron chi connectivity index (χ2n) is 15.8. The number of fused-ring (bicyclic) bond motifs is 1. The van der Waals surface area contributed by atoms with Crippen molar-refractivity contribution >= 4 is 34.2 Å². The molecule has 0 aliphatic carbocycles. The minimum absolute atomic E-state index is 0.0205. The molecule has 8 rings (SSSR count). The van der Waals surface area contributed by atoms with Crippen LogP contribution in [0.2, 0.25) is 0 Å². The molecule has 1 aromatic heterocycles. The number of para-hydroxylation sites is 4. The van der Waals surface area contributed by atoms with Crippen molar-refractivity contribution in [2.24, 2.45) is 0 Å². The van der Waals surface area contributed by atoms with Gasteiger partial charge in [-0.1, -0.05) is 84.9 Å². The van der Waals surface area contributed by atoms with Crippen molar-refractivity contribution in [1.29, 1.82) is 0 Å². The summed E-state index contributed by atoms with van der Waals surface area (Å²) in [7, 11) is 0. The Bertz CT molecular complexity index is 2470. The van der Waals surface area contributed by atoms with E-state index in [0.717, 1.165) is 76.9 Å². The lowest BCUT2D eigenvalue weighted by Crippen LogP contribution is -2.43. The molecule has 5 aromatic carbocycles. The van der Waals surface area contributed by atoms with Crippen LogP contribution in [0.15, 0.2) is 126 Å². The molecule has 3 atom stereocenters. The summed E-state index contributed by atoms with van der Waals surface area (Å²) in [6.07, 6.45) is 2.37. The van der Waals surface area contributed by atoms with Gasteiger partial charge in [0.25, 0.3) is 0 Å². The van der Waals surface area contributed by atoms with Crippen LogP contribution in [0, 0.1) is 0 Å². The molecule has 0 radical (unpaired) electrons. The van der Waals surface area contributed by atoms with Gasteiger partial charge in [-0.25, -0.2) is 4.79 Å². The largest absolute Gasteiger partial charge is 0.397 e. The molecule has 2 saturated heterocycles. The van der Waals surface area contributed by atoms with Crippen molar-refractivity contribution in [2.75, 3.05) is 30.7 Å². The number of rotatable bonds is 14. The fraction of sp³-hybridized carbons (Fsp3) is 0.312. The third-order valence-corrected chi connectivity index (χ3v) is 11.6. The first-order valence-electron chi connectivity index (χ1n) is 20.8.